The molecule has 0 saturated carbocycles. The number of benzene rings is 2. The van der Waals surface area contributed by atoms with Gasteiger partial charge >= 0.3 is 0 Å². The Kier molecular flexibility index (Phi) is 6.72. The van der Waals surface area contributed by atoms with E-state index in [-0.39, 0.29) is 0 Å². The molecule has 0 bridgehead atoms. The topological polar surface area (TPSA) is 57.5 Å². The molecular weight excluding hydrogens is 331 g/mol. The van der Waals surface area contributed by atoms with Gasteiger partial charge in [0.25, 0.3) is 0 Å². The Bertz CT molecular complexity index is 725. The summed E-state index contributed by atoms with van der Waals surface area (Å²) >= 11 is 0. The van der Waals surface area contributed by atoms with Crippen LogP contribution in [-0.4, -0.2) is 28.1 Å². The lowest BCUT2D eigenvalue weighted by atomic mass is 10.2. The fourth-order valence-corrected chi connectivity index (χ4v) is 5.80. The van der Waals surface area contributed by atoms with Crippen LogP contribution in [0.5, 0.6) is 0 Å². The lowest BCUT2D eigenvalue weighted by Crippen LogP contribution is -2.32. The highest BCUT2D eigenvalue weighted by atomic mass is 31.2. The number of aliphatic hydroxyl groups excluding tert-OH is 2. The van der Waals surface area contributed by atoms with Crippen LogP contribution in [0.1, 0.15) is 0 Å². The van der Waals surface area contributed by atoms with Gasteiger partial charge in [-0.15, -0.1) is 13.2 Å². The molecule has 3 nitrogen and oxygen atoms in total. The monoisotopic (exact) mass is 354 g/mol. The van der Waals surface area contributed by atoms with E-state index in [1.165, 1.54) is 18.2 Å². The lowest BCUT2D eigenvalue weighted by molar-refractivity contribution is 0.228. The summed E-state index contributed by atoms with van der Waals surface area (Å²) in [4.78, 5) is 0. The molecule has 2 N–H and O–H groups in total. The van der Waals surface area contributed by atoms with E-state index in [0.29, 0.717) is 10.6 Å². The summed E-state index contributed by atoms with van der Waals surface area (Å²) in [6, 6.07) is 18.2. The first-order chi connectivity index (χ1) is 12.0. The summed E-state index contributed by atoms with van der Waals surface area (Å²) in [6.45, 7) is 7.17. The summed E-state index contributed by atoms with van der Waals surface area (Å²) in [5.41, 5.74) is -0.746. The average molecular weight is 354 g/mol. The summed E-state index contributed by atoms with van der Waals surface area (Å²) in [5, 5.41) is 21.6. The SMILES string of the molecule is C=C[C@@H](O)/C=C/[C@H]([C@@H](O)C=C)P(=O)(c1ccccc1)c1ccccc1. The predicted octanol–water partition coefficient (Wildman–Crippen LogP) is 3.02. The minimum Gasteiger partial charge on any atom is -0.388 e. The van der Waals surface area contributed by atoms with Gasteiger partial charge < -0.3 is 14.8 Å². The van der Waals surface area contributed by atoms with Crippen molar-refractivity contribution in [2.75, 3.05) is 0 Å². The number of aliphatic hydroxyl groups is 2. The van der Waals surface area contributed by atoms with Gasteiger partial charge in [-0.05, 0) is 0 Å². The zero-order chi connectivity index (χ0) is 18.3. The van der Waals surface area contributed by atoms with Crippen molar-refractivity contribution in [1.29, 1.82) is 0 Å². The molecular formula is C21H23O3P. The van der Waals surface area contributed by atoms with E-state index in [1.54, 1.807) is 30.3 Å². The van der Waals surface area contributed by atoms with E-state index in [9.17, 15) is 14.8 Å². The fourth-order valence-electron chi connectivity index (χ4n) is 2.69. The molecule has 3 atom stereocenters. The quantitative estimate of drug-likeness (QED) is 0.566. The molecule has 0 spiro atoms. The zero-order valence-electron chi connectivity index (χ0n) is 14.0. The Labute approximate surface area is 149 Å². The van der Waals surface area contributed by atoms with Crippen molar-refractivity contribution in [1.82, 2.24) is 0 Å². The molecule has 0 aliphatic rings. The Morgan fingerprint density at radius 1 is 0.800 bits per heavy atom. The third kappa shape index (κ3) is 4.26. The van der Waals surface area contributed by atoms with Crippen molar-refractivity contribution in [2.24, 2.45) is 0 Å². The van der Waals surface area contributed by atoms with Gasteiger partial charge in [0.2, 0.25) is 0 Å². The molecule has 2 aromatic carbocycles. The molecule has 25 heavy (non-hydrogen) atoms. The first-order valence-corrected chi connectivity index (χ1v) is 9.82. The van der Waals surface area contributed by atoms with Gasteiger partial charge in [-0.1, -0.05) is 85.0 Å². The van der Waals surface area contributed by atoms with Crippen molar-refractivity contribution >= 4 is 17.8 Å². The largest absolute Gasteiger partial charge is 0.388 e. The Hall–Kier alpha value is -2.19. The van der Waals surface area contributed by atoms with Gasteiger partial charge in [0.1, 0.15) is 0 Å². The first kappa shape index (κ1) is 19.1. The standard InChI is InChI=1S/C21H23O3P/c1-3-17(22)15-16-21(20(23)4-2)25(24,18-11-7-5-8-12-18)19-13-9-6-10-14-19/h3-17,20-23H,1-2H2/b16-15+/t17-,20+,21-/m1/s1. The van der Waals surface area contributed by atoms with Gasteiger partial charge in [-0.25, -0.2) is 0 Å². The second kappa shape index (κ2) is 8.77. The minimum absolute atomic E-state index is 0.643. The van der Waals surface area contributed by atoms with Crippen molar-refractivity contribution in [2.45, 2.75) is 17.9 Å². The van der Waals surface area contributed by atoms with E-state index in [2.05, 4.69) is 13.2 Å². The Morgan fingerprint density at radius 3 is 1.68 bits per heavy atom. The van der Waals surface area contributed by atoms with Gasteiger partial charge in [-0.2, -0.15) is 0 Å². The summed E-state index contributed by atoms with van der Waals surface area (Å²) < 4.78 is 14.3. The molecule has 2 aromatic rings. The van der Waals surface area contributed by atoms with E-state index in [0.717, 1.165) is 0 Å². The highest BCUT2D eigenvalue weighted by Crippen LogP contribution is 2.50. The van der Waals surface area contributed by atoms with Crippen molar-refractivity contribution in [3.8, 4) is 0 Å². The maximum Gasteiger partial charge on any atom is 0.152 e. The van der Waals surface area contributed by atoms with Gasteiger partial charge in [0, 0.05) is 10.6 Å². The van der Waals surface area contributed by atoms with Gasteiger partial charge in [-0.3, -0.25) is 0 Å². The molecule has 0 radical (unpaired) electrons. The molecule has 0 aliphatic carbocycles. The van der Waals surface area contributed by atoms with Crippen LogP contribution in [0.2, 0.25) is 0 Å². The van der Waals surface area contributed by atoms with E-state index >= 15 is 0 Å². The maximum absolute atomic E-state index is 14.3. The number of rotatable bonds is 8. The van der Waals surface area contributed by atoms with Crippen LogP contribution in [0.25, 0.3) is 0 Å². The normalized spacial score (nSPS) is 15.4. The average Bonchev–Trinajstić information content (AvgIpc) is 2.68. The number of hydrogen-bond acceptors (Lipinski definition) is 3. The second-order valence-corrected chi connectivity index (χ2v) is 8.60. The van der Waals surface area contributed by atoms with Crippen LogP contribution in [0.4, 0.5) is 0 Å². The van der Waals surface area contributed by atoms with Crippen LogP contribution in [0.15, 0.2) is 98.1 Å². The molecule has 0 saturated heterocycles. The zero-order valence-corrected chi connectivity index (χ0v) is 14.9. The van der Waals surface area contributed by atoms with Gasteiger partial charge in [0.05, 0.1) is 17.9 Å². The Balaban J connectivity index is 2.66. The van der Waals surface area contributed by atoms with E-state index in [4.69, 9.17) is 0 Å². The summed E-state index contributed by atoms with van der Waals surface area (Å²) in [7, 11) is -3.23. The van der Waals surface area contributed by atoms with E-state index < -0.39 is 25.0 Å². The highest BCUT2D eigenvalue weighted by Gasteiger charge is 2.38. The van der Waals surface area contributed by atoms with Crippen LogP contribution in [0.3, 0.4) is 0 Å². The fraction of sp³-hybridized carbons (Fsp3) is 0.143. The molecule has 0 unspecified atom stereocenters. The molecule has 130 valence electrons. The van der Waals surface area contributed by atoms with Crippen LogP contribution in [-0.2, 0) is 4.57 Å². The molecule has 0 amide bonds. The molecule has 0 fully saturated rings. The van der Waals surface area contributed by atoms with Crippen LogP contribution >= 0.6 is 7.14 Å². The van der Waals surface area contributed by atoms with Crippen molar-refractivity contribution in [3.63, 3.8) is 0 Å². The lowest BCUT2D eigenvalue weighted by Gasteiger charge is -2.29. The van der Waals surface area contributed by atoms with Crippen LogP contribution < -0.4 is 10.6 Å². The second-order valence-electron chi connectivity index (χ2n) is 5.66. The van der Waals surface area contributed by atoms with Gasteiger partial charge in [0.15, 0.2) is 7.14 Å². The van der Waals surface area contributed by atoms with E-state index in [1.807, 2.05) is 36.4 Å². The predicted molar refractivity (Wildman–Crippen MR) is 105 cm³/mol. The van der Waals surface area contributed by atoms with Crippen molar-refractivity contribution in [3.05, 3.63) is 98.1 Å². The Morgan fingerprint density at radius 2 is 1.28 bits per heavy atom. The third-order valence-electron chi connectivity index (χ3n) is 4.04. The molecule has 2 rings (SSSR count). The molecule has 0 aromatic heterocycles. The summed E-state index contributed by atoms with van der Waals surface area (Å²) in [6.07, 6.45) is 3.92. The smallest absolute Gasteiger partial charge is 0.152 e. The number of hydrogen-bond donors (Lipinski definition) is 2. The maximum atomic E-state index is 14.3. The summed E-state index contributed by atoms with van der Waals surface area (Å²) in [5.74, 6) is 0. The molecule has 0 heterocycles. The van der Waals surface area contributed by atoms with Crippen LogP contribution in [0, 0.1) is 0 Å². The highest BCUT2D eigenvalue weighted by molar-refractivity contribution is 7.79. The first-order valence-electron chi connectivity index (χ1n) is 8.04. The molecule has 0 aliphatic heterocycles. The third-order valence-corrected chi connectivity index (χ3v) is 7.49. The minimum atomic E-state index is -3.23. The van der Waals surface area contributed by atoms with Crippen molar-refractivity contribution < 1.29 is 14.8 Å². The molecule has 4 heteroatoms.